The van der Waals surface area contributed by atoms with Crippen LogP contribution in [0.1, 0.15) is 36.0 Å². The Kier molecular flexibility index (Phi) is 8.46. The zero-order chi connectivity index (χ0) is 21.4. The van der Waals surface area contributed by atoms with E-state index in [1.807, 2.05) is 24.3 Å². The number of nitrogens with zero attached hydrogens (tertiary/aromatic N) is 1. The van der Waals surface area contributed by atoms with Gasteiger partial charge >= 0.3 is 0 Å². The summed E-state index contributed by atoms with van der Waals surface area (Å²) in [4.78, 5) is 4.21. The van der Waals surface area contributed by atoms with Crippen LogP contribution < -0.4 is 10.6 Å². The van der Waals surface area contributed by atoms with Gasteiger partial charge in [-0.3, -0.25) is 4.99 Å². The van der Waals surface area contributed by atoms with Crippen LogP contribution in [0, 0.1) is 5.82 Å². The van der Waals surface area contributed by atoms with Gasteiger partial charge in [-0.05, 0) is 47.4 Å². The Morgan fingerprint density at radius 1 is 1.14 bits per heavy atom. The summed E-state index contributed by atoms with van der Waals surface area (Å²) in [5, 5.41) is 7.12. The molecule has 0 heterocycles. The molecule has 1 atom stereocenters. The molecule has 0 aliphatic heterocycles. The quantitative estimate of drug-likeness (QED) is 0.483. The largest absolute Gasteiger partial charge is 0.356 e. The van der Waals surface area contributed by atoms with Gasteiger partial charge in [0.05, 0.1) is 5.75 Å². The molecule has 0 saturated carbocycles. The van der Waals surface area contributed by atoms with Crippen LogP contribution >= 0.6 is 11.6 Å². The molecule has 2 aromatic rings. The monoisotopic (exact) mass is 439 g/mol. The first kappa shape index (κ1) is 23.2. The van der Waals surface area contributed by atoms with Crippen molar-refractivity contribution in [3.05, 3.63) is 70.0 Å². The van der Waals surface area contributed by atoms with Crippen molar-refractivity contribution in [2.75, 3.05) is 19.8 Å². The summed E-state index contributed by atoms with van der Waals surface area (Å²) in [6, 6.07) is 11.9. The van der Waals surface area contributed by atoms with E-state index >= 15 is 0 Å². The second kappa shape index (κ2) is 10.6. The summed E-state index contributed by atoms with van der Waals surface area (Å²) in [7, 11) is -1.57. The molecule has 5 nitrogen and oxygen atoms in total. The smallest absolute Gasteiger partial charge is 0.191 e. The third-order valence-corrected chi connectivity index (χ3v) is 5.69. The predicted molar refractivity (Wildman–Crippen MR) is 118 cm³/mol. The molecule has 0 aliphatic rings. The van der Waals surface area contributed by atoms with E-state index in [9.17, 15) is 12.8 Å². The number of aliphatic imine (C=N–C) groups is 1. The average Bonchev–Trinajstić information content (AvgIpc) is 2.66. The number of halogens is 2. The molecule has 158 valence electrons. The van der Waals surface area contributed by atoms with Gasteiger partial charge in [-0.15, -0.1) is 0 Å². The summed E-state index contributed by atoms with van der Waals surface area (Å²) >= 11 is 5.96. The second-order valence-corrected chi connectivity index (χ2v) is 9.52. The predicted octanol–water partition coefficient (Wildman–Crippen LogP) is 3.88. The summed E-state index contributed by atoms with van der Waals surface area (Å²) < 4.78 is 36.9. The minimum atomic E-state index is -3.22. The molecule has 0 saturated heterocycles. The van der Waals surface area contributed by atoms with E-state index in [4.69, 9.17) is 11.6 Å². The van der Waals surface area contributed by atoms with Gasteiger partial charge in [-0.25, -0.2) is 12.8 Å². The van der Waals surface area contributed by atoms with Crippen LogP contribution in [0.5, 0.6) is 0 Å². The second-order valence-electron chi connectivity index (χ2n) is 6.95. The number of benzene rings is 2. The molecule has 2 N–H and O–H groups in total. The van der Waals surface area contributed by atoms with E-state index in [0.717, 1.165) is 12.7 Å². The zero-order valence-corrected chi connectivity index (χ0v) is 18.4. The van der Waals surface area contributed by atoms with E-state index < -0.39 is 15.7 Å². The number of nitrogens with one attached hydrogen (secondary N) is 2. The Morgan fingerprint density at radius 3 is 2.41 bits per heavy atom. The molecule has 0 aliphatic carbocycles. The molecule has 0 radical (unpaired) electrons. The maximum Gasteiger partial charge on any atom is 0.191 e. The average molecular weight is 440 g/mol. The standard InChI is InChI=1S/C21H27ClFN3O2S/c1-4-15(16-5-8-19(22)9-6-16)12-25-21(24-2)26-13-18-11-20(23)10-7-17(18)14-29(3,27)28/h5-11,15H,4,12-14H2,1-3H3,(H2,24,25,26). The van der Waals surface area contributed by atoms with Crippen LogP contribution in [0.25, 0.3) is 0 Å². The van der Waals surface area contributed by atoms with Gasteiger partial charge in [0.1, 0.15) is 5.82 Å². The Labute approximate surface area is 177 Å². The molecule has 0 aromatic heterocycles. The molecular formula is C21H27ClFN3O2S. The fraction of sp³-hybridized carbons (Fsp3) is 0.381. The topological polar surface area (TPSA) is 70.6 Å². The molecule has 8 heteroatoms. The highest BCUT2D eigenvalue weighted by molar-refractivity contribution is 7.89. The number of hydrogen-bond donors (Lipinski definition) is 2. The van der Waals surface area contributed by atoms with Gasteiger partial charge in [-0.2, -0.15) is 0 Å². The SMILES string of the molecule is CCC(CNC(=NC)NCc1cc(F)ccc1CS(C)(=O)=O)c1ccc(Cl)cc1. The fourth-order valence-corrected chi connectivity index (χ4v) is 4.01. The van der Waals surface area contributed by atoms with Crippen LogP contribution in [0.15, 0.2) is 47.5 Å². The van der Waals surface area contributed by atoms with Crippen molar-refractivity contribution >= 4 is 27.4 Å². The van der Waals surface area contributed by atoms with E-state index in [0.29, 0.717) is 28.7 Å². The van der Waals surface area contributed by atoms with Crippen LogP contribution in [0.3, 0.4) is 0 Å². The van der Waals surface area contributed by atoms with Crippen molar-refractivity contribution in [1.82, 2.24) is 10.6 Å². The van der Waals surface area contributed by atoms with Gasteiger partial charge in [0.15, 0.2) is 15.8 Å². The summed E-state index contributed by atoms with van der Waals surface area (Å²) in [6.45, 7) is 3.04. The highest BCUT2D eigenvalue weighted by atomic mass is 35.5. The Balaban J connectivity index is 2.02. The van der Waals surface area contributed by atoms with Crippen LogP contribution in [-0.4, -0.2) is 34.2 Å². The maximum absolute atomic E-state index is 13.7. The first-order valence-electron chi connectivity index (χ1n) is 9.36. The highest BCUT2D eigenvalue weighted by Crippen LogP contribution is 2.21. The summed E-state index contributed by atoms with van der Waals surface area (Å²) in [6.07, 6.45) is 2.10. The number of hydrogen-bond acceptors (Lipinski definition) is 3. The lowest BCUT2D eigenvalue weighted by Gasteiger charge is -2.19. The maximum atomic E-state index is 13.7. The van der Waals surface area contributed by atoms with Gasteiger partial charge in [0.25, 0.3) is 0 Å². The van der Waals surface area contributed by atoms with E-state index in [1.165, 1.54) is 23.8 Å². The first-order valence-corrected chi connectivity index (χ1v) is 11.8. The van der Waals surface area contributed by atoms with E-state index in [-0.39, 0.29) is 18.2 Å². The van der Waals surface area contributed by atoms with Gasteiger partial charge in [-0.1, -0.05) is 36.7 Å². The molecule has 29 heavy (non-hydrogen) atoms. The van der Waals surface area contributed by atoms with Crippen LogP contribution in [0.4, 0.5) is 4.39 Å². The lowest BCUT2D eigenvalue weighted by molar-refractivity contribution is 0.599. The van der Waals surface area contributed by atoms with Crippen molar-refractivity contribution in [3.63, 3.8) is 0 Å². The van der Waals surface area contributed by atoms with Crippen molar-refractivity contribution in [1.29, 1.82) is 0 Å². The minimum absolute atomic E-state index is 0.134. The van der Waals surface area contributed by atoms with Crippen LogP contribution in [-0.2, 0) is 22.1 Å². The third-order valence-electron chi connectivity index (χ3n) is 4.61. The zero-order valence-electron chi connectivity index (χ0n) is 16.9. The molecule has 0 spiro atoms. The normalized spacial score (nSPS) is 13.2. The third kappa shape index (κ3) is 7.66. The van der Waals surface area contributed by atoms with Gasteiger partial charge in [0, 0.05) is 37.3 Å². The Bertz CT molecular complexity index is 947. The first-order chi connectivity index (χ1) is 13.7. The lowest BCUT2D eigenvalue weighted by atomic mass is 9.96. The summed E-state index contributed by atoms with van der Waals surface area (Å²) in [5.74, 6) is 0.300. The lowest BCUT2D eigenvalue weighted by Crippen LogP contribution is -2.39. The van der Waals surface area contributed by atoms with Gasteiger partial charge in [0.2, 0.25) is 0 Å². The van der Waals surface area contributed by atoms with Gasteiger partial charge < -0.3 is 10.6 Å². The molecule has 0 fully saturated rings. The molecule has 0 amide bonds. The number of guanidine groups is 1. The van der Waals surface area contributed by atoms with E-state index in [1.54, 1.807) is 7.05 Å². The van der Waals surface area contributed by atoms with Crippen molar-refractivity contribution in [2.24, 2.45) is 4.99 Å². The number of rotatable bonds is 8. The Morgan fingerprint density at radius 2 is 1.83 bits per heavy atom. The Hall–Kier alpha value is -2.12. The minimum Gasteiger partial charge on any atom is -0.356 e. The highest BCUT2D eigenvalue weighted by Gasteiger charge is 2.13. The molecular weight excluding hydrogens is 413 g/mol. The molecule has 2 aromatic carbocycles. The fourth-order valence-electron chi connectivity index (χ4n) is 3.03. The molecule has 0 bridgehead atoms. The van der Waals surface area contributed by atoms with Crippen molar-refractivity contribution in [3.8, 4) is 0 Å². The number of sulfone groups is 1. The summed E-state index contributed by atoms with van der Waals surface area (Å²) in [5.41, 5.74) is 2.34. The van der Waals surface area contributed by atoms with Crippen molar-refractivity contribution < 1.29 is 12.8 Å². The van der Waals surface area contributed by atoms with E-state index in [2.05, 4.69) is 22.5 Å². The van der Waals surface area contributed by atoms with Crippen LogP contribution in [0.2, 0.25) is 5.02 Å². The molecule has 2 rings (SSSR count). The molecule has 1 unspecified atom stereocenters. The van der Waals surface area contributed by atoms with Crippen molar-refractivity contribution in [2.45, 2.75) is 31.6 Å².